The summed E-state index contributed by atoms with van der Waals surface area (Å²) in [5.74, 6) is 0.732. The number of benzene rings is 4. The molecule has 0 aliphatic rings. The lowest BCUT2D eigenvalue weighted by atomic mass is 9.88. The van der Waals surface area contributed by atoms with Crippen molar-refractivity contribution in [1.29, 1.82) is 0 Å². The molecule has 0 fully saturated rings. The number of hydrogen-bond acceptors (Lipinski definition) is 1. The quantitative estimate of drug-likeness (QED) is 0.250. The van der Waals surface area contributed by atoms with E-state index in [1.807, 2.05) is 0 Å². The van der Waals surface area contributed by atoms with Crippen LogP contribution in [0.3, 0.4) is 0 Å². The van der Waals surface area contributed by atoms with E-state index in [0.29, 0.717) is 11.8 Å². The van der Waals surface area contributed by atoms with E-state index in [0.717, 1.165) is 15.8 Å². The molecule has 0 amide bonds. The fourth-order valence-electron chi connectivity index (χ4n) is 4.63. The molecule has 0 unspecified atom stereocenters. The van der Waals surface area contributed by atoms with E-state index in [9.17, 15) is 0 Å². The lowest BCUT2D eigenvalue weighted by Crippen LogP contribution is -2.08. The van der Waals surface area contributed by atoms with E-state index in [4.69, 9.17) is 4.98 Å². The lowest BCUT2D eigenvalue weighted by Gasteiger charge is -2.24. The fraction of sp³-hybridized carbons (Fsp3) is 0.207. The van der Waals surface area contributed by atoms with E-state index >= 15 is 0 Å². The van der Waals surface area contributed by atoms with Gasteiger partial charge in [-0.3, -0.25) is 4.57 Å². The van der Waals surface area contributed by atoms with Gasteiger partial charge in [-0.1, -0.05) is 88.4 Å². The third kappa shape index (κ3) is 3.45. The van der Waals surface area contributed by atoms with Crippen LogP contribution in [0.25, 0.3) is 38.6 Å². The molecule has 5 rings (SSSR count). The number of imidazole rings is 1. The maximum absolute atomic E-state index is 4.90. The summed E-state index contributed by atoms with van der Waals surface area (Å²) in [7, 11) is 0. The highest BCUT2D eigenvalue weighted by molar-refractivity contribution is 9.10. The summed E-state index contributed by atoms with van der Waals surface area (Å²) in [4.78, 5) is 4.90. The molecular formula is C29H27BrN2. The molecule has 0 radical (unpaired) electrons. The highest BCUT2D eigenvalue weighted by Gasteiger charge is 2.23. The van der Waals surface area contributed by atoms with Gasteiger partial charge in [-0.25, -0.2) is 4.98 Å². The first-order chi connectivity index (χ1) is 15.5. The van der Waals surface area contributed by atoms with Gasteiger partial charge < -0.3 is 0 Å². The molecule has 0 bridgehead atoms. The van der Waals surface area contributed by atoms with Crippen molar-refractivity contribution in [2.75, 3.05) is 0 Å². The van der Waals surface area contributed by atoms with Crippen LogP contribution in [0.4, 0.5) is 0 Å². The van der Waals surface area contributed by atoms with Crippen LogP contribution in [0.2, 0.25) is 0 Å². The molecule has 5 aromatic rings. The Balaban J connectivity index is 1.91. The second-order valence-electron chi connectivity index (χ2n) is 9.05. The van der Waals surface area contributed by atoms with Crippen molar-refractivity contribution >= 4 is 37.7 Å². The van der Waals surface area contributed by atoms with Gasteiger partial charge in [0, 0.05) is 5.39 Å². The molecule has 0 saturated carbocycles. The van der Waals surface area contributed by atoms with Gasteiger partial charge in [0.2, 0.25) is 0 Å². The minimum atomic E-state index is 0.366. The Kier molecular flexibility index (Phi) is 5.38. The van der Waals surface area contributed by atoms with Crippen LogP contribution >= 0.6 is 15.9 Å². The second-order valence-corrected chi connectivity index (χ2v) is 9.76. The number of rotatable bonds is 4. The van der Waals surface area contributed by atoms with Crippen LogP contribution in [0, 0.1) is 0 Å². The Labute approximate surface area is 198 Å². The Hall–Kier alpha value is -2.91. The van der Waals surface area contributed by atoms with Gasteiger partial charge in [0.15, 0.2) is 4.73 Å². The predicted molar refractivity (Wildman–Crippen MR) is 140 cm³/mol. The summed E-state index contributed by atoms with van der Waals surface area (Å²) in [6.45, 7) is 9.12. The first-order valence-corrected chi connectivity index (χ1v) is 12.0. The predicted octanol–water partition coefficient (Wildman–Crippen LogP) is 8.86. The van der Waals surface area contributed by atoms with Gasteiger partial charge >= 0.3 is 0 Å². The second kappa shape index (κ2) is 8.22. The van der Waals surface area contributed by atoms with Gasteiger partial charge in [0.05, 0.1) is 16.7 Å². The maximum Gasteiger partial charge on any atom is 0.182 e. The average molecular weight is 483 g/mol. The van der Waals surface area contributed by atoms with Gasteiger partial charge in [0.1, 0.15) is 0 Å². The van der Waals surface area contributed by atoms with Crippen molar-refractivity contribution < 1.29 is 0 Å². The first-order valence-electron chi connectivity index (χ1n) is 11.2. The standard InChI is InChI=1S/C29H27BrN2/c1-18(2)24-16-22(20-10-6-5-7-11-20)17-25(19(3)4)27(24)32-28-23-13-9-8-12-21(23)14-15-26(28)31-29(32)30/h5-19H,1-4H3. The molecule has 1 heterocycles. The Bertz CT molecular complexity index is 1400. The molecule has 0 atom stereocenters. The third-order valence-electron chi connectivity index (χ3n) is 6.24. The first kappa shape index (κ1) is 21.0. The Morgan fingerprint density at radius 1 is 0.719 bits per heavy atom. The highest BCUT2D eigenvalue weighted by Crippen LogP contribution is 2.40. The molecule has 32 heavy (non-hydrogen) atoms. The third-order valence-corrected chi connectivity index (χ3v) is 6.78. The van der Waals surface area contributed by atoms with Crippen molar-refractivity contribution in [1.82, 2.24) is 9.55 Å². The molecule has 0 aliphatic carbocycles. The minimum absolute atomic E-state index is 0.366. The summed E-state index contributed by atoms with van der Waals surface area (Å²) < 4.78 is 3.18. The summed E-state index contributed by atoms with van der Waals surface area (Å²) in [6.07, 6.45) is 0. The Morgan fingerprint density at radius 3 is 2.00 bits per heavy atom. The Morgan fingerprint density at radius 2 is 1.34 bits per heavy atom. The van der Waals surface area contributed by atoms with E-state index in [1.54, 1.807) is 0 Å². The maximum atomic E-state index is 4.90. The number of hydrogen-bond donors (Lipinski definition) is 0. The molecule has 2 nitrogen and oxygen atoms in total. The average Bonchev–Trinajstić information content (AvgIpc) is 3.14. The zero-order valence-corrected chi connectivity index (χ0v) is 20.5. The molecule has 4 aromatic carbocycles. The molecule has 0 saturated heterocycles. The van der Waals surface area contributed by atoms with E-state index < -0.39 is 0 Å². The molecular weight excluding hydrogens is 456 g/mol. The number of halogens is 1. The van der Waals surface area contributed by atoms with Crippen LogP contribution in [0.15, 0.2) is 83.6 Å². The molecule has 3 heteroatoms. The minimum Gasteiger partial charge on any atom is -0.286 e. The summed E-state index contributed by atoms with van der Waals surface area (Å²) in [5.41, 5.74) is 8.61. The largest absolute Gasteiger partial charge is 0.286 e. The summed E-state index contributed by atoms with van der Waals surface area (Å²) in [6, 6.07) is 28.3. The van der Waals surface area contributed by atoms with E-state index in [-0.39, 0.29) is 0 Å². The van der Waals surface area contributed by atoms with Crippen molar-refractivity contribution in [2.45, 2.75) is 39.5 Å². The normalized spacial score (nSPS) is 11.8. The van der Waals surface area contributed by atoms with Crippen LogP contribution in [0.5, 0.6) is 0 Å². The smallest absolute Gasteiger partial charge is 0.182 e. The molecule has 0 spiro atoms. The van der Waals surface area contributed by atoms with Gasteiger partial charge in [-0.2, -0.15) is 0 Å². The van der Waals surface area contributed by atoms with Crippen LogP contribution in [-0.2, 0) is 0 Å². The zero-order chi connectivity index (χ0) is 22.4. The lowest BCUT2D eigenvalue weighted by molar-refractivity contribution is 0.806. The topological polar surface area (TPSA) is 17.8 Å². The number of aromatic nitrogens is 2. The summed E-state index contributed by atoms with van der Waals surface area (Å²) in [5, 5.41) is 2.45. The number of nitrogens with zero attached hydrogens (tertiary/aromatic N) is 2. The summed E-state index contributed by atoms with van der Waals surface area (Å²) >= 11 is 3.81. The SMILES string of the molecule is CC(C)c1cc(-c2ccccc2)cc(C(C)C)c1-n1c(Br)nc2ccc3ccccc3c21. The van der Waals surface area contributed by atoms with Crippen LogP contribution in [0.1, 0.15) is 50.7 Å². The molecule has 160 valence electrons. The molecule has 0 N–H and O–H groups in total. The fourth-order valence-corrected chi connectivity index (χ4v) is 5.18. The van der Waals surface area contributed by atoms with Crippen molar-refractivity contribution in [3.05, 3.63) is 94.7 Å². The van der Waals surface area contributed by atoms with Crippen molar-refractivity contribution in [3.63, 3.8) is 0 Å². The van der Waals surface area contributed by atoms with Crippen LogP contribution in [-0.4, -0.2) is 9.55 Å². The highest BCUT2D eigenvalue weighted by atomic mass is 79.9. The zero-order valence-electron chi connectivity index (χ0n) is 18.9. The van der Waals surface area contributed by atoms with Crippen molar-refractivity contribution in [3.8, 4) is 16.8 Å². The molecule has 1 aromatic heterocycles. The van der Waals surface area contributed by atoms with Crippen LogP contribution < -0.4 is 0 Å². The van der Waals surface area contributed by atoms with Gasteiger partial charge in [0.25, 0.3) is 0 Å². The van der Waals surface area contributed by atoms with Gasteiger partial charge in [-0.15, -0.1) is 0 Å². The monoisotopic (exact) mass is 482 g/mol. The van der Waals surface area contributed by atoms with Gasteiger partial charge in [-0.05, 0) is 73.6 Å². The van der Waals surface area contributed by atoms with E-state index in [1.165, 1.54) is 38.7 Å². The van der Waals surface area contributed by atoms with Crippen molar-refractivity contribution in [2.24, 2.45) is 0 Å². The van der Waals surface area contributed by atoms with E-state index in [2.05, 4.69) is 127 Å². The number of fused-ring (bicyclic) bond motifs is 3. The molecule has 0 aliphatic heterocycles.